The fraction of sp³-hybridized carbons (Fsp3) is 0.333. The van der Waals surface area contributed by atoms with E-state index in [4.69, 9.17) is 11.6 Å². The van der Waals surface area contributed by atoms with E-state index in [-0.39, 0.29) is 0 Å². The number of benzene rings is 1. The first-order valence-corrected chi connectivity index (χ1v) is 7.17. The number of rotatable bonds is 6. The predicted octanol–water partition coefficient (Wildman–Crippen LogP) is 4.39. The molecule has 0 aliphatic heterocycles. The lowest BCUT2D eigenvalue weighted by Gasteiger charge is -2.09. The molecule has 1 aromatic heterocycles. The molecular weight excluding hydrogens is 272 g/mol. The van der Waals surface area contributed by atoms with Gasteiger partial charge in [-0.05, 0) is 37.1 Å². The summed E-state index contributed by atoms with van der Waals surface area (Å²) >= 11 is 6.10. The SMILES string of the molecule is CCCCNc1ccnc(Nc2ccc(C)c(Cl)c2)n1. The van der Waals surface area contributed by atoms with Crippen LogP contribution in [0.25, 0.3) is 0 Å². The van der Waals surface area contributed by atoms with Crippen molar-refractivity contribution < 1.29 is 0 Å². The molecule has 0 fully saturated rings. The van der Waals surface area contributed by atoms with Gasteiger partial charge in [-0.2, -0.15) is 4.98 Å². The molecule has 0 aliphatic carbocycles. The lowest BCUT2D eigenvalue weighted by Crippen LogP contribution is -2.05. The molecule has 2 aromatic rings. The predicted molar refractivity (Wildman–Crippen MR) is 84.9 cm³/mol. The Morgan fingerprint density at radius 1 is 1.25 bits per heavy atom. The van der Waals surface area contributed by atoms with Crippen molar-refractivity contribution in [3.8, 4) is 0 Å². The minimum Gasteiger partial charge on any atom is -0.370 e. The normalized spacial score (nSPS) is 10.3. The maximum atomic E-state index is 6.10. The van der Waals surface area contributed by atoms with E-state index in [0.29, 0.717) is 5.95 Å². The zero-order valence-corrected chi connectivity index (χ0v) is 12.5. The van der Waals surface area contributed by atoms with E-state index in [1.54, 1.807) is 6.20 Å². The quantitative estimate of drug-likeness (QED) is 0.775. The Balaban J connectivity index is 2.05. The van der Waals surface area contributed by atoms with Gasteiger partial charge >= 0.3 is 0 Å². The summed E-state index contributed by atoms with van der Waals surface area (Å²) in [6.45, 7) is 5.06. The molecular formula is C15H19ClN4. The van der Waals surface area contributed by atoms with Crippen molar-refractivity contribution in [3.05, 3.63) is 41.0 Å². The highest BCUT2D eigenvalue weighted by molar-refractivity contribution is 6.31. The third kappa shape index (κ3) is 4.10. The summed E-state index contributed by atoms with van der Waals surface area (Å²) in [4.78, 5) is 8.63. The van der Waals surface area contributed by atoms with Gasteiger partial charge in [0, 0.05) is 23.5 Å². The Labute approximate surface area is 124 Å². The maximum absolute atomic E-state index is 6.10. The van der Waals surface area contributed by atoms with Gasteiger partial charge in [-0.25, -0.2) is 4.98 Å². The van der Waals surface area contributed by atoms with E-state index in [2.05, 4.69) is 27.5 Å². The monoisotopic (exact) mass is 290 g/mol. The number of hydrogen-bond acceptors (Lipinski definition) is 4. The molecule has 2 N–H and O–H groups in total. The molecule has 106 valence electrons. The van der Waals surface area contributed by atoms with Crippen molar-refractivity contribution in [2.75, 3.05) is 17.2 Å². The first-order chi connectivity index (χ1) is 9.69. The van der Waals surface area contributed by atoms with E-state index in [1.807, 2.05) is 31.2 Å². The lowest BCUT2D eigenvalue weighted by atomic mass is 10.2. The van der Waals surface area contributed by atoms with Crippen LogP contribution in [-0.2, 0) is 0 Å². The van der Waals surface area contributed by atoms with Crippen LogP contribution in [0.1, 0.15) is 25.3 Å². The Hall–Kier alpha value is -1.81. The van der Waals surface area contributed by atoms with Crippen molar-refractivity contribution in [2.45, 2.75) is 26.7 Å². The van der Waals surface area contributed by atoms with Crippen LogP contribution in [0.15, 0.2) is 30.5 Å². The summed E-state index contributed by atoms with van der Waals surface area (Å²) < 4.78 is 0. The van der Waals surface area contributed by atoms with Gasteiger partial charge < -0.3 is 10.6 Å². The number of aryl methyl sites for hydroxylation is 1. The number of unbranched alkanes of at least 4 members (excludes halogenated alkanes) is 1. The van der Waals surface area contributed by atoms with Gasteiger partial charge in [0.25, 0.3) is 0 Å². The smallest absolute Gasteiger partial charge is 0.229 e. The van der Waals surface area contributed by atoms with Crippen molar-refractivity contribution in [3.63, 3.8) is 0 Å². The Kier molecular flexibility index (Phi) is 5.18. The summed E-state index contributed by atoms with van der Waals surface area (Å²) in [6.07, 6.45) is 4.02. The van der Waals surface area contributed by atoms with Crippen LogP contribution in [0, 0.1) is 6.92 Å². The average Bonchev–Trinajstić information content (AvgIpc) is 2.44. The number of halogens is 1. The van der Waals surface area contributed by atoms with Crippen LogP contribution < -0.4 is 10.6 Å². The molecule has 0 atom stereocenters. The van der Waals surface area contributed by atoms with Gasteiger partial charge in [-0.1, -0.05) is 31.0 Å². The molecule has 0 unspecified atom stereocenters. The van der Waals surface area contributed by atoms with E-state index < -0.39 is 0 Å². The molecule has 5 heteroatoms. The summed E-state index contributed by atoms with van der Waals surface area (Å²) in [5.74, 6) is 1.39. The molecule has 0 spiro atoms. The van der Waals surface area contributed by atoms with Crippen LogP contribution in [0.5, 0.6) is 0 Å². The van der Waals surface area contributed by atoms with Gasteiger partial charge in [0.1, 0.15) is 5.82 Å². The van der Waals surface area contributed by atoms with Crippen LogP contribution in [0.2, 0.25) is 5.02 Å². The minimum atomic E-state index is 0.561. The zero-order valence-electron chi connectivity index (χ0n) is 11.8. The molecule has 2 rings (SSSR count). The topological polar surface area (TPSA) is 49.8 Å². The summed E-state index contributed by atoms with van der Waals surface area (Å²) in [5, 5.41) is 7.16. The Morgan fingerprint density at radius 3 is 2.85 bits per heavy atom. The molecule has 0 bridgehead atoms. The molecule has 0 saturated heterocycles. The molecule has 0 amide bonds. The third-order valence-electron chi connectivity index (χ3n) is 2.92. The number of hydrogen-bond donors (Lipinski definition) is 2. The standard InChI is InChI=1S/C15H19ClN4/c1-3-4-8-17-14-7-9-18-15(20-14)19-12-6-5-11(2)13(16)10-12/h5-7,9-10H,3-4,8H2,1-2H3,(H2,17,18,19,20). The van der Waals surface area contributed by atoms with E-state index in [9.17, 15) is 0 Å². The van der Waals surface area contributed by atoms with Crippen molar-refractivity contribution in [2.24, 2.45) is 0 Å². The van der Waals surface area contributed by atoms with Crippen LogP contribution in [0.3, 0.4) is 0 Å². The second-order valence-corrected chi connectivity index (χ2v) is 5.04. The first-order valence-electron chi connectivity index (χ1n) is 6.79. The molecule has 1 heterocycles. The van der Waals surface area contributed by atoms with Crippen LogP contribution >= 0.6 is 11.6 Å². The largest absolute Gasteiger partial charge is 0.370 e. The van der Waals surface area contributed by atoms with Crippen molar-refractivity contribution >= 4 is 29.1 Å². The van der Waals surface area contributed by atoms with Gasteiger partial charge in [-0.15, -0.1) is 0 Å². The van der Waals surface area contributed by atoms with Gasteiger partial charge in [0.2, 0.25) is 5.95 Å². The summed E-state index contributed by atoms with van der Waals surface area (Å²) in [7, 11) is 0. The van der Waals surface area contributed by atoms with Gasteiger partial charge in [-0.3, -0.25) is 0 Å². The number of anilines is 3. The molecule has 0 saturated carbocycles. The highest BCUT2D eigenvalue weighted by atomic mass is 35.5. The lowest BCUT2D eigenvalue weighted by molar-refractivity contribution is 0.830. The fourth-order valence-electron chi connectivity index (χ4n) is 1.71. The zero-order chi connectivity index (χ0) is 14.4. The summed E-state index contributed by atoms with van der Waals surface area (Å²) in [6, 6.07) is 7.66. The number of nitrogens with zero attached hydrogens (tertiary/aromatic N) is 2. The fourth-order valence-corrected chi connectivity index (χ4v) is 1.89. The number of nitrogens with one attached hydrogen (secondary N) is 2. The van der Waals surface area contributed by atoms with Crippen molar-refractivity contribution in [1.29, 1.82) is 0 Å². The molecule has 4 nitrogen and oxygen atoms in total. The number of aromatic nitrogens is 2. The Morgan fingerprint density at radius 2 is 2.10 bits per heavy atom. The van der Waals surface area contributed by atoms with Crippen LogP contribution in [-0.4, -0.2) is 16.5 Å². The second kappa shape index (κ2) is 7.10. The molecule has 1 aromatic carbocycles. The molecule has 0 radical (unpaired) electrons. The van der Waals surface area contributed by atoms with Gasteiger partial charge in [0.05, 0.1) is 0 Å². The van der Waals surface area contributed by atoms with E-state index >= 15 is 0 Å². The third-order valence-corrected chi connectivity index (χ3v) is 3.33. The van der Waals surface area contributed by atoms with Crippen LogP contribution in [0.4, 0.5) is 17.5 Å². The highest BCUT2D eigenvalue weighted by Crippen LogP contribution is 2.22. The van der Waals surface area contributed by atoms with Gasteiger partial charge in [0.15, 0.2) is 0 Å². The first kappa shape index (κ1) is 14.6. The molecule has 0 aliphatic rings. The minimum absolute atomic E-state index is 0.561. The highest BCUT2D eigenvalue weighted by Gasteiger charge is 2.02. The van der Waals surface area contributed by atoms with E-state index in [0.717, 1.165) is 41.5 Å². The van der Waals surface area contributed by atoms with Crippen molar-refractivity contribution in [1.82, 2.24) is 9.97 Å². The van der Waals surface area contributed by atoms with E-state index in [1.165, 1.54) is 0 Å². The second-order valence-electron chi connectivity index (χ2n) is 4.63. The summed E-state index contributed by atoms with van der Waals surface area (Å²) in [5.41, 5.74) is 1.93. The maximum Gasteiger partial charge on any atom is 0.229 e. The average molecular weight is 291 g/mol. The molecule has 20 heavy (non-hydrogen) atoms. The Bertz CT molecular complexity index is 572.